The van der Waals surface area contributed by atoms with E-state index in [4.69, 9.17) is 4.74 Å². The molecule has 5 nitrogen and oxygen atoms in total. The lowest BCUT2D eigenvalue weighted by Gasteiger charge is -2.17. The average molecular weight is 340 g/mol. The van der Waals surface area contributed by atoms with Crippen LogP contribution in [-0.2, 0) is 16.1 Å². The molecule has 0 spiro atoms. The van der Waals surface area contributed by atoms with Crippen molar-refractivity contribution in [2.75, 3.05) is 27.2 Å². The Morgan fingerprint density at radius 1 is 1.08 bits per heavy atom. The number of carbonyl (C=O) groups is 2. The van der Waals surface area contributed by atoms with Gasteiger partial charge in [0.05, 0.1) is 18.7 Å². The van der Waals surface area contributed by atoms with E-state index >= 15 is 0 Å². The number of likely N-dealkylation sites (N-methyl/N-ethyl adjacent to an activating group) is 2. The van der Waals surface area contributed by atoms with Gasteiger partial charge in [0.1, 0.15) is 0 Å². The Labute approximate surface area is 148 Å². The monoisotopic (exact) mass is 340 g/mol. The highest BCUT2D eigenvalue weighted by atomic mass is 16.5. The second-order valence-corrected chi connectivity index (χ2v) is 5.78. The molecular weight excluding hydrogens is 316 g/mol. The van der Waals surface area contributed by atoms with Crippen molar-refractivity contribution in [3.63, 3.8) is 0 Å². The van der Waals surface area contributed by atoms with Crippen molar-refractivity contribution in [2.24, 2.45) is 0 Å². The maximum Gasteiger partial charge on any atom is 0.338 e. The highest BCUT2D eigenvalue weighted by molar-refractivity contribution is 5.91. The van der Waals surface area contributed by atoms with E-state index in [0.29, 0.717) is 25.3 Å². The minimum atomic E-state index is -0.321. The SMILES string of the molecule is CCOC(=O)c1cccc(-c2cccc(CN(C)C(=O)CNC)c2)c1. The van der Waals surface area contributed by atoms with Crippen LogP contribution in [-0.4, -0.2) is 44.0 Å². The number of amides is 1. The number of hydrogen-bond acceptors (Lipinski definition) is 4. The third-order valence-electron chi connectivity index (χ3n) is 3.81. The minimum Gasteiger partial charge on any atom is -0.462 e. The second kappa shape index (κ2) is 8.99. The summed E-state index contributed by atoms with van der Waals surface area (Å²) in [6.07, 6.45) is 0. The maximum atomic E-state index is 11.9. The second-order valence-electron chi connectivity index (χ2n) is 5.78. The highest BCUT2D eigenvalue weighted by Crippen LogP contribution is 2.22. The van der Waals surface area contributed by atoms with Gasteiger partial charge in [-0.15, -0.1) is 0 Å². The van der Waals surface area contributed by atoms with Crippen molar-refractivity contribution in [2.45, 2.75) is 13.5 Å². The van der Waals surface area contributed by atoms with E-state index in [1.165, 1.54) is 0 Å². The zero-order valence-corrected chi connectivity index (χ0v) is 14.9. The van der Waals surface area contributed by atoms with Gasteiger partial charge in [-0.2, -0.15) is 0 Å². The largest absolute Gasteiger partial charge is 0.462 e. The van der Waals surface area contributed by atoms with Crippen molar-refractivity contribution in [3.8, 4) is 11.1 Å². The number of esters is 1. The van der Waals surface area contributed by atoms with Crippen molar-refractivity contribution < 1.29 is 14.3 Å². The van der Waals surface area contributed by atoms with Crippen LogP contribution < -0.4 is 5.32 Å². The molecule has 25 heavy (non-hydrogen) atoms. The van der Waals surface area contributed by atoms with Gasteiger partial charge in [0.15, 0.2) is 0 Å². The van der Waals surface area contributed by atoms with Crippen LogP contribution >= 0.6 is 0 Å². The van der Waals surface area contributed by atoms with Gasteiger partial charge in [-0.25, -0.2) is 4.79 Å². The number of ether oxygens (including phenoxy) is 1. The van der Waals surface area contributed by atoms with Crippen LogP contribution in [0.5, 0.6) is 0 Å². The first kappa shape index (κ1) is 18.7. The highest BCUT2D eigenvalue weighted by Gasteiger charge is 2.10. The van der Waals surface area contributed by atoms with E-state index in [9.17, 15) is 9.59 Å². The lowest BCUT2D eigenvalue weighted by molar-refractivity contribution is -0.129. The Kier molecular flexibility index (Phi) is 6.71. The fourth-order valence-electron chi connectivity index (χ4n) is 2.54. The summed E-state index contributed by atoms with van der Waals surface area (Å²) in [6.45, 7) is 2.99. The quantitative estimate of drug-likeness (QED) is 0.788. The normalized spacial score (nSPS) is 10.4. The molecular formula is C20H24N2O3. The van der Waals surface area contributed by atoms with Gasteiger partial charge < -0.3 is 15.0 Å². The molecule has 2 aromatic rings. The molecule has 0 bridgehead atoms. The number of benzene rings is 2. The molecule has 1 amide bonds. The summed E-state index contributed by atoms with van der Waals surface area (Å²) in [5, 5.41) is 2.86. The van der Waals surface area contributed by atoms with E-state index < -0.39 is 0 Å². The van der Waals surface area contributed by atoms with Gasteiger partial charge >= 0.3 is 5.97 Å². The van der Waals surface area contributed by atoms with Crippen molar-refractivity contribution in [1.29, 1.82) is 0 Å². The number of nitrogens with one attached hydrogen (secondary N) is 1. The summed E-state index contributed by atoms with van der Waals surface area (Å²) >= 11 is 0. The van der Waals surface area contributed by atoms with Gasteiger partial charge in [-0.05, 0) is 48.9 Å². The molecule has 0 fully saturated rings. The molecule has 132 valence electrons. The van der Waals surface area contributed by atoms with Gasteiger partial charge in [-0.3, -0.25) is 4.79 Å². The third-order valence-corrected chi connectivity index (χ3v) is 3.81. The maximum absolute atomic E-state index is 11.9. The molecule has 0 saturated carbocycles. The Morgan fingerprint density at radius 3 is 2.44 bits per heavy atom. The van der Waals surface area contributed by atoms with Crippen molar-refractivity contribution >= 4 is 11.9 Å². The fraction of sp³-hybridized carbons (Fsp3) is 0.300. The van der Waals surface area contributed by atoms with E-state index in [2.05, 4.69) is 5.32 Å². The Balaban J connectivity index is 2.20. The topological polar surface area (TPSA) is 58.6 Å². The fourth-order valence-corrected chi connectivity index (χ4v) is 2.54. The summed E-state index contributed by atoms with van der Waals surface area (Å²) < 4.78 is 5.06. The Hall–Kier alpha value is -2.66. The molecule has 0 aliphatic carbocycles. The summed E-state index contributed by atoms with van der Waals surface area (Å²) in [6, 6.07) is 15.3. The zero-order chi connectivity index (χ0) is 18.2. The van der Waals surface area contributed by atoms with Gasteiger partial charge in [0.2, 0.25) is 5.91 Å². The minimum absolute atomic E-state index is 0.0391. The first-order chi connectivity index (χ1) is 12.0. The van der Waals surface area contributed by atoms with E-state index in [1.54, 1.807) is 32.0 Å². The Morgan fingerprint density at radius 2 is 1.76 bits per heavy atom. The summed E-state index contributed by atoms with van der Waals surface area (Å²) in [4.78, 5) is 25.5. The average Bonchev–Trinajstić information content (AvgIpc) is 2.62. The van der Waals surface area contributed by atoms with Gasteiger partial charge in [-0.1, -0.05) is 30.3 Å². The lowest BCUT2D eigenvalue weighted by Crippen LogP contribution is -2.33. The number of carbonyl (C=O) groups excluding carboxylic acids is 2. The number of nitrogens with zero attached hydrogens (tertiary/aromatic N) is 1. The van der Waals surface area contributed by atoms with Gasteiger partial charge in [0, 0.05) is 13.6 Å². The molecule has 2 rings (SSSR count). The first-order valence-electron chi connectivity index (χ1n) is 8.30. The van der Waals surface area contributed by atoms with Crippen LogP contribution in [0.4, 0.5) is 0 Å². The van der Waals surface area contributed by atoms with Crippen LogP contribution in [0.15, 0.2) is 48.5 Å². The Bertz CT molecular complexity index is 743. The van der Waals surface area contributed by atoms with Crippen LogP contribution in [0.25, 0.3) is 11.1 Å². The molecule has 0 aliphatic heterocycles. The van der Waals surface area contributed by atoms with E-state index in [-0.39, 0.29) is 11.9 Å². The zero-order valence-electron chi connectivity index (χ0n) is 14.9. The predicted molar refractivity (Wildman–Crippen MR) is 98.2 cm³/mol. The molecule has 0 unspecified atom stereocenters. The summed E-state index contributed by atoms with van der Waals surface area (Å²) in [5.41, 5.74) is 3.51. The van der Waals surface area contributed by atoms with Crippen LogP contribution in [0.3, 0.4) is 0 Å². The molecule has 0 aliphatic rings. The molecule has 0 heterocycles. The van der Waals surface area contributed by atoms with Crippen molar-refractivity contribution in [1.82, 2.24) is 10.2 Å². The van der Waals surface area contributed by atoms with Crippen LogP contribution in [0.2, 0.25) is 0 Å². The summed E-state index contributed by atoms with van der Waals surface area (Å²) in [5.74, 6) is -0.282. The smallest absolute Gasteiger partial charge is 0.338 e. The number of rotatable bonds is 7. The first-order valence-corrected chi connectivity index (χ1v) is 8.30. The number of hydrogen-bond donors (Lipinski definition) is 1. The van der Waals surface area contributed by atoms with Crippen LogP contribution in [0, 0.1) is 0 Å². The molecule has 2 aromatic carbocycles. The lowest BCUT2D eigenvalue weighted by atomic mass is 10.0. The summed E-state index contributed by atoms with van der Waals surface area (Å²) in [7, 11) is 3.54. The third kappa shape index (κ3) is 5.16. The molecule has 0 saturated heterocycles. The molecule has 0 radical (unpaired) electrons. The van der Waals surface area contributed by atoms with Crippen molar-refractivity contribution in [3.05, 3.63) is 59.7 Å². The molecule has 0 aromatic heterocycles. The van der Waals surface area contributed by atoms with E-state index in [0.717, 1.165) is 16.7 Å². The van der Waals surface area contributed by atoms with Gasteiger partial charge in [0.25, 0.3) is 0 Å². The van der Waals surface area contributed by atoms with E-state index in [1.807, 2.05) is 42.5 Å². The molecule has 0 atom stereocenters. The standard InChI is InChI=1S/C20H24N2O3/c1-4-25-20(24)18-10-6-9-17(12-18)16-8-5-7-15(11-16)14-22(3)19(23)13-21-2/h5-12,21H,4,13-14H2,1-3H3. The predicted octanol–water partition coefficient (Wildman–Crippen LogP) is 2.71. The van der Waals surface area contributed by atoms with Crippen LogP contribution in [0.1, 0.15) is 22.8 Å². The molecule has 5 heteroatoms. The molecule has 1 N–H and O–H groups in total.